The van der Waals surface area contributed by atoms with E-state index in [-0.39, 0.29) is 11.8 Å². The molecule has 2 heterocycles. The van der Waals surface area contributed by atoms with Gasteiger partial charge in [-0.25, -0.2) is 0 Å². The second-order valence-corrected chi connectivity index (χ2v) is 9.87. The van der Waals surface area contributed by atoms with Crippen molar-refractivity contribution in [3.63, 3.8) is 0 Å². The lowest BCUT2D eigenvalue weighted by Crippen LogP contribution is -2.48. The van der Waals surface area contributed by atoms with E-state index < -0.39 is 0 Å². The van der Waals surface area contributed by atoms with E-state index in [4.69, 9.17) is 23.2 Å². The summed E-state index contributed by atoms with van der Waals surface area (Å²) >= 11 is 13.4. The van der Waals surface area contributed by atoms with Crippen molar-refractivity contribution >= 4 is 46.4 Å². The molecule has 0 bridgehead atoms. The highest BCUT2D eigenvalue weighted by Crippen LogP contribution is 2.23. The first-order valence-electron chi connectivity index (χ1n) is 11.2. The van der Waals surface area contributed by atoms with Gasteiger partial charge in [0.1, 0.15) is 0 Å². The van der Waals surface area contributed by atoms with Crippen LogP contribution in [0.25, 0.3) is 0 Å². The molecule has 1 aromatic heterocycles. The first-order valence-corrected chi connectivity index (χ1v) is 12.8. The number of aryl methyl sites for hydroxylation is 1. The van der Waals surface area contributed by atoms with Gasteiger partial charge in [-0.1, -0.05) is 42.3 Å². The number of rotatable bonds is 5. The largest absolute Gasteiger partial charge is 0.336 e. The van der Waals surface area contributed by atoms with Gasteiger partial charge in [-0.2, -0.15) is 4.99 Å². The summed E-state index contributed by atoms with van der Waals surface area (Å²) in [5.41, 5.74) is 3.02. The van der Waals surface area contributed by atoms with E-state index in [0.29, 0.717) is 32.5 Å². The summed E-state index contributed by atoms with van der Waals surface area (Å²) in [6, 6.07) is 12.4. The van der Waals surface area contributed by atoms with Gasteiger partial charge in [-0.3, -0.25) is 9.59 Å². The molecule has 2 aromatic carbocycles. The molecule has 0 unspecified atom stereocenters. The van der Waals surface area contributed by atoms with Gasteiger partial charge in [-0.05, 0) is 49.4 Å². The van der Waals surface area contributed by atoms with Crippen molar-refractivity contribution in [3.05, 3.63) is 85.1 Å². The van der Waals surface area contributed by atoms with Crippen LogP contribution in [0.1, 0.15) is 38.9 Å². The molecular formula is C25H26Cl2N4O2S. The Bertz CT molecular complexity index is 1280. The first kappa shape index (κ1) is 24.7. The van der Waals surface area contributed by atoms with Crippen LogP contribution in [-0.2, 0) is 6.54 Å². The lowest BCUT2D eigenvalue weighted by Gasteiger charge is -2.34. The van der Waals surface area contributed by atoms with Crippen molar-refractivity contribution in [3.8, 4) is 0 Å². The normalized spacial score (nSPS) is 15.1. The van der Waals surface area contributed by atoms with E-state index in [1.165, 1.54) is 17.4 Å². The van der Waals surface area contributed by atoms with Crippen molar-refractivity contribution in [1.82, 2.24) is 14.4 Å². The molecule has 0 spiro atoms. The van der Waals surface area contributed by atoms with Crippen molar-refractivity contribution in [1.29, 1.82) is 0 Å². The lowest BCUT2D eigenvalue weighted by atomic mass is 10.1. The molecule has 1 aliphatic rings. The average molecular weight is 517 g/mol. The number of nitrogens with zero attached hydrogens (tertiary/aromatic N) is 4. The number of hydrogen-bond acceptors (Lipinski definition) is 4. The lowest BCUT2D eigenvalue weighted by molar-refractivity contribution is 0.0643. The molecule has 0 radical (unpaired) electrons. The molecule has 0 aliphatic carbocycles. The van der Waals surface area contributed by atoms with E-state index in [2.05, 4.69) is 16.8 Å². The van der Waals surface area contributed by atoms with Gasteiger partial charge in [-0.15, -0.1) is 11.3 Å². The molecule has 1 aliphatic heterocycles. The SMILES string of the molecule is CCN1CCN(C(=O)c2cccc(Cn3c(C)csc3=NC(=O)c3ccc(Cl)c(Cl)c3)c2)CC1. The highest BCUT2D eigenvalue weighted by atomic mass is 35.5. The minimum atomic E-state index is -0.385. The van der Waals surface area contributed by atoms with E-state index in [1.54, 1.807) is 12.1 Å². The molecule has 1 fully saturated rings. The van der Waals surface area contributed by atoms with Gasteiger partial charge in [0, 0.05) is 48.4 Å². The summed E-state index contributed by atoms with van der Waals surface area (Å²) < 4.78 is 1.98. The zero-order valence-corrected chi connectivity index (χ0v) is 21.5. The molecule has 3 aromatic rings. The molecule has 2 amide bonds. The molecule has 0 N–H and O–H groups in total. The first-order chi connectivity index (χ1) is 16.4. The molecule has 4 rings (SSSR count). The Morgan fingerprint density at radius 1 is 1.00 bits per heavy atom. The van der Waals surface area contributed by atoms with Crippen LogP contribution in [0.2, 0.25) is 10.0 Å². The third kappa shape index (κ3) is 5.61. The predicted molar refractivity (Wildman–Crippen MR) is 137 cm³/mol. The fraction of sp³-hybridized carbons (Fsp3) is 0.320. The number of carbonyl (C=O) groups is 2. The minimum Gasteiger partial charge on any atom is -0.336 e. The highest BCUT2D eigenvalue weighted by molar-refractivity contribution is 7.07. The van der Waals surface area contributed by atoms with Crippen LogP contribution >= 0.6 is 34.5 Å². The highest BCUT2D eigenvalue weighted by Gasteiger charge is 2.21. The van der Waals surface area contributed by atoms with Crippen molar-refractivity contribution < 1.29 is 9.59 Å². The van der Waals surface area contributed by atoms with E-state index in [1.807, 2.05) is 46.0 Å². The molecule has 0 atom stereocenters. The second kappa shape index (κ2) is 10.9. The Kier molecular flexibility index (Phi) is 7.88. The van der Waals surface area contributed by atoms with Gasteiger partial charge in [0.05, 0.1) is 16.6 Å². The van der Waals surface area contributed by atoms with Crippen LogP contribution < -0.4 is 4.80 Å². The maximum absolute atomic E-state index is 13.1. The Labute approximate surface area is 213 Å². The fourth-order valence-electron chi connectivity index (χ4n) is 3.91. The number of thiazole rings is 1. The monoisotopic (exact) mass is 516 g/mol. The van der Waals surface area contributed by atoms with Gasteiger partial charge in [0.15, 0.2) is 4.80 Å². The predicted octanol–water partition coefficient (Wildman–Crippen LogP) is 4.73. The maximum atomic E-state index is 13.1. The molecule has 6 nitrogen and oxygen atoms in total. The smallest absolute Gasteiger partial charge is 0.279 e. The van der Waals surface area contributed by atoms with Gasteiger partial charge >= 0.3 is 0 Å². The zero-order valence-electron chi connectivity index (χ0n) is 19.1. The molecule has 1 saturated heterocycles. The summed E-state index contributed by atoms with van der Waals surface area (Å²) in [6.45, 7) is 8.94. The Morgan fingerprint density at radius 2 is 1.76 bits per heavy atom. The summed E-state index contributed by atoms with van der Waals surface area (Å²) in [7, 11) is 0. The third-order valence-electron chi connectivity index (χ3n) is 5.98. The van der Waals surface area contributed by atoms with Crippen molar-refractivity contribution in [2.24, 2.45) is 4.99 Å². The molecule has 9 heteroatoms. The Hall–Kier alpha value is -2.45. The van der Waals surface area contributed by atoms with Gasteiger partial charge < -0.3 is 14.4 Å². The Morgan fingerprint density at radius 3 is 2.47 bits per heavy atom. The number of piperazine rings is 1. The molecule has 0 saturated carbocycles. The topological polar surface area (TPSA) is 57.9 Å². The number of aromatic nitrogens is 1. The summed E-state index contributed by atoms with van der Waals surface area (Å²) in [5.74, 6) is -0.325. The molecular weight excluding hydrogens is 491 g/mol. The van der Waals surface area contributed by atoms with E-state index >= 15 is 0 Å². The summed E-state index contributed by atoms with van der Waals surface area (Å²) in [5, 5.41) is 2.67. The van der Waals surface area contributed by atoms with E-state index in [0.717, 1.165) is 44.0 Å². The summed E-state index contributed by atoms with van der Waals surface area (Å²) in [6.07, 6.45) is 0. The van der Waals surface area contributed by atoms with Crippen LogP contribution in [-0.4, -0.2) is 58.9 Å². The number of amides is 2. The second-order valence-electron chi connectivity index (χ2n) is 8.22. The number of likely N-dealkylation sites (N-methyl/N-ethyl adjacent to an activating group) is 1. The van der Waals surface area contributed by atoms with Crippen LogP contribution in [0.15, 0.2) is 52.8 Å². The van der Waals surface area contributed by atoms with Crippen molar-refractivity contribution in [2.45, 2.75) is 20.4 Å². The Balaban J connectivity index is 1.54. The number of benzene rings is 2. The zero-order chi connectivity index (χ0) is 24.2. The molecule has 178 valence electrons. The van der Waals surface area contributed by atoms with Crippen LogP contribution in [0.3, 0.4) is 0 Å². The minimum absolute atomic E-state index is 0.0596. The number of halogens is 2. The van der Waals surface area contributed by atoms with E-state index in [9.17, 15) is 9.59 Å². The molecule has 34 heavy (non-hydrogen) atoms. The summed E-state index contributed by atoms with van der Waals surface area (Å²) in [4.78, 5) is 35.0. The quantitative estimate of drug-likeness (QED) is 0.492. The van der Waals surface area contributed by atoms with Gasteiger partial charge in [0.25, 0.3) is 11.8 Å². The van der Waals surface area contributed by atoms with Crippen molar-refractivity contribution in [2.75, 3.05) is 32.7 Å². The third-order valence-corrected chi connectivity index (χ3v) is 7.70. The van der Waals surface area contributed by atoms with Crippen LogP contribution in [0.4, 0.5) is 0 Å². The maximum Gasteiger partial charge on any atom is 0.279 e. The number of hydrogen-bond donors (Lipinski definition) is 0. The van der Waals surface area contributed by atoms with Gasteiger partial charge in [0.2, 0.25) is 0 Å². The number of carbonyl (C=O) groups excluding carboxylic acids is 2. The fourth-order valence-corrected chi connectivity index (χ4v) is 5.08. The van der Waals surface area contributed by atoms with Crippen LogP contribution in [0.5, 0.6) is 0 Å². The average Bonchev–Trinajstić information content (AvgIpc) is 3.19. The van der Waals surface area contributed by atoms with Crippen LogP contribution in [0, 0.1) is 6.92 Å². The standard InChI is InChI=1S/C25H26Cl2N4O2S/c1-3-29-9-11-30(12-10-29)24(33)20-6-4-5-18(13-20)15-31-17(2)16-34-25(31)28-23(32)19-7-8-21(26)22(27)14-19/h4-8,13-14,16H,3,9-12,15H2,1-2H3.